The molecule has 0 aliphatic carbocycles. The number of carbonyl (C=O) groups excluding carboxylic acids is 1. The second-order valence-electron chi connectivity index (χ2n) is 5.56. The Balaban J connectivity index is 1.59. The van der Waals surface area contributed by atoms with Crippen molar-refractivity contribution in [1.82, 2.24) is 14.5 Å². The minimum absolute atomic E-state index is 0.00415. The van der Waals surface area contributed by atoms with E-state index in [0.717, 1.165) is 25.2 Å². The van der Waals surface area contributed by atoms with Crippen LogP contribution in [0.1, 0.15) is 18.3 Å². The van der Waals surface area contributed by atoms with Crippen LogP contribution in [0.3, 0.4) is 0 Å². The van der Waals surface area contributed by atoms with E-state index in [4.69, 9.17) is 11.6 Å². The summed E-state index contributed by atoms with van der Waals surface area (Å²) in [6.45, 7) is 4.76. The first-order valence-electron chi connectivity index (χ1n) is 7.57. The third kappa shape index (κ3) is 3.54. The zero-order valence-corrected chi connectivity index (χ0v) is 13.6. The van der Waals surface area contributed by atoms with Gasteiger partial charge in [-0.1, -0.05) is 11.6 Å². The SMILES string of the molecule is CCn1cnc2c1CCN(CC(=O)Nc1ccc(F)c(Cl)c1)C2. The molecule has 1 aromatic heterocycles. The monoisotopic (exact) mass is 336 g/mol. The lowest BCUT2D eigenvalue weighted by Gasteiger charge is -2.26. The predicted molar refractivity (Wildman–Crippen MR) is 86.9 cm³/mol. The molecule has 0 radical (unpaired) electrons. The van der Waals surface area contributed by atoms with Crippen molar-refractivity contribution in [2.24, 2.45) is 0 Å². The van der Waals surface area contributed by atoms with Gasteiger partial charge in [0.25, 0.3) is 0 Å². The average Bonchev–Trinajstić information content (AvgIpc) is 2.93. The summed E-state index contributed by atoms with van der Waals surface area (Å²) in [6, 6.07) is 4.14. The highest BCUT2D eigenvalue weighted by Gasteiger charge is 2.22. The lowest BCUT2D eigenvalue weighted by Crippen LogP contribution is -2.37. The van der Waals surface area contributed by atoms with Crippen LogP contribution in [-0.2, 0) is 24.3 Å². The van der Waals surface area contributed by atoms with Gasteiger partial charge in [0, 0.05) is 37.4 Å². The maximum absolute atomic E-state index is 13.1. The van der Waals surface area contributed by atoms with E-state index in [9.17, 15) is 9.18 Å². The van der Waals surface area contributed by atoms with Crippen molar-refractivity contribution >= 4 is 23.2 Å². The van der Waals surface area contributed by atoms with Crippen molar-refractivity contribution in [3.05, 3.63) is 46.8 Å². The molecule has 1 N–H and O–H groups in total. The Kier molecular flexibility index (Phi) is 4.63. The fourth-order valence-corrected chi connectivity index (χ4v) is 2.99. The van der Waals surface area contributed by atoms with Gasteiger partial charge in [0.2, 0.25) is 5.91 Å². The zero-order chi connectivity index (χ0) is 16.4. The Morgan fingerprint density at radius 1 is 1.48 bits per heavy atom. The number of benzene rings is 1. The molecule has 0 saturated carbocycles. The summed E-state index contributed by atoms with van der Waals surface area (Å²) in [4.78, 5) is 18.6. The second-order valence-corrected chi connectivity index (χ2v) is 5.97. The molecule has 2 heterocycles. The molecule has 0 unspecified atom stereocenters. The molecule has 1 aliphatic rings. The number of aryl methyl sites for hydroxylation is 1. The van der Waals surface area contributed by atoms with Gasteiger partial charge in [-0.25, -0.2) is 9.37 Å². The van der Waals surface area contributed by atoms with Crippen molar-refractivity contribution in [3.8, 4) is 0 Å². The van der Waals surface area contributed by atoms with E-state index < -0.39 is 5.82 Å². The molecule has 23 heavy (non-hydrogen) atoms. The van der Waals surface area contributed by atoms with Crippen molar-refractivity contribution in [2.75, 3.05) is 18.4 Å². The van der Waals surface area contributed by atoms with Gasteiger partial charge in [0.05, 0.1) is 23.6 Å². The van der Waals surface area contributed by atoms with Crippen LogP contribution in [0.5, 0.6) is 0 Å². The summed E-state index contributed by atoms with van der Waals surface area (Å²) in [6.07, 6.45) is 2.74. The van der Waals surface area contributed by atoms with Crippen molar-refractivity contribution in [3.63, 3.8) is 0 Å². The number of hydrogen-bond donors (Lipinski definition) is 1. The van der Waals surface area contributed by atoms with E-state index in [2.05, 4.69) is 26.7 Å². The minimum Gasteiger partial charge on any atom is -0.334 e. The van der Waals surface area contributed by atoms with Crippen LogP contribution < -0.4 is 5.32 Å². The quantitative estimate of drug-likeness (QED) is 0.934. The van der Waals surface area contributed by atoms with E-state index in [1.165, 1.54) is 23.9 Å². The Morgan fingerprint density at radius 2 is 2.30 bits per heavy atom. The molecule has 2 aromatic rings. The molecule has 122 valence electrons. The number of imidazole rings is 1. The molecule has 5 nitrogen and oxygen atoms in total. The number of rotatable bonds is 4. The van der Waals surface area contributed by atoms with Gasteiger partial charge < -0.3 is 9.88 Å². The van der Waals surface area contributed by atoms with Crippen LogP contribution in [0.2, 0.25) is 5.02 Å². The van der Waals surface area contributed by atoms with Crippen molar-refractivity contribution < 1.29 is 9.18 Å². The second kappa shape index (κ2) is 6.68. The van der Waals surface area contributed by atoms with Crippen LogP contribution in [0, 0.1) is 5.82 Å². The topological polar surface area (TPSA) is 50.2 Å². The fraction of sp³-hybridized carbons (Fsp3) is 0.375. The van der Waals surface area contributed by atoms with E-state index in [-0.39, 0.29) is 17.5 Å². The Hall–Kier alpha value is -1.92. The summed E-state index contributed by atoms with van der Waals surface area (Å²) in [7, 11) is 0. The zero-order valence-electron chi connectivity index (χ0n) is 12.9. The summed E-state index contributed by atoms with van der Waals surface area (Å²) >= 11 is 5.71. The van der Waals surface area contributed by atoms with Gasteiger partial charge in [-0.15, -0.1) is 0 Å². The Morgan fingerprint density at radius 3 is 3.04 bits per heavy atom. The summed E-state index contributed by atoms with van der Waals surface area (Å²) < 4.78 is 15.3. The van der Waals surface area contributed by atoms with Gasteiger partial charge in [-0.2, -0.15) is 0 Å². The molecule has 0 saturated heterocycles. The van der Waals surface area contributed by atoms with Crippen LogP contribution in [0.25, 0.3) is 0 Å². The van der Waals surface area contributed by atoms with Gasteiger partial charge in [0.1, 0.15) is 5.82 Å². The number of nitrogens with zero attached hydrogens (tertiary/aromatic N) is 3. The number of amides is 1. The van der Waals surface area contributed by atoms with Gasteiger partial charge in [-0.05, 0) is 25.1 Å². The summed E-state index contributed by atoms with van der Waals surface area (Å²) in [5.74, 6) is -0.647. The van der Waals surface area contributed by atoms with Crippen LogP contribution in [-0.4, -0.2) is 33.4 Å². The smallest absolute Gasteiger partial charge is 0.238 e. The number of hydrogen-bond acceptors (Lipinski definition) is 3. The Labute approximate surface area is 139 Å². The lowest BCUT2D eigenvalue weighted by atomic mass is 10.1. The van der Waals surface area contributed by atoms with Crippen molar-refractivity contribution in [2.45, 2.75) is 26.4 Å². The van der Waals surface area contributed by atoms with Crippen LogP contribution in [0.15, 0.2) is 24.5 Å². The third-order valence-electron chi connectivity index (χ3n) is 3.98. The molecule has 1 aliphatic heterocycles. The number of aromatic nitrogens is 2. The largest absolute Gasteiger partial charge is 0.334 e. The van der Waals surface area contributed by atoms with Crippen molar-refractivity contribution in [1.29, 1.82) is 0 Å². The standard InChI is InChI=1S/C16H18ClFN4O/c1-2-22-10-19-14-8-21(6-5-15(14)22)9-16(23)20-11-3-4-13(18)12(17)7-11/h3-4,7,10H,2,5-6,8-9H2,1H3,(H,20,23). The molecule has 3 rings (SSSR count). The summed E-state index contributed by atoms with van der Waals surface area (Å²) in [5.41, 5.74) is 2.79. The molecular formula is C16H18ClFN4O. The van der Waals surface area contributed by atoms with E-state index in [1.54, 1.807) is 0 Å². The normalized spacial score (nSPS) is 14.6. The average molecular weight is 337 g/mol. The first kappa shape index (κ1) is 16.0. The molecular weight excluding hydrogens is 319 g/mol. The number of nitrogens with one attached hydrogen (secondary N) is 1. The number of fused-ring (bicyclic) bond motifs is 1. The van der Waals surface area contributed by atoms with E-state index in [0.29, 0.717) is 12.2 Å². The molecule has 0 spiro atoms. The molecule has 1 aromatic carbocycles. The molecule has 0 fully saturated rings. The van der Waals surface area contributed by atoms with Gasteiger partial charge in [-0.3, -0.25) is 9.69 Å². The van der Waals surface area contributed by atoms with Crippen LogP contribution in [0.4, 0.5) is 10.1 Å². The highest BCUT2D eigenvalue weighted by Crippen LogP contribution is 2.20. The predicted octanol–water partition coefficient (Wildman–Crippen LogP) is 2.69. The molecule has 0 atom stereocenters. The minimum atomic E-state index is -0.500. The first-order valence-corrected chi connectivity index (χ1v) is 7.94. The fourth-order valence-electron chi connectivity index (χ4n) is 2.81. The Bertz CT molecular complexity index is 731. The number of halogens is 2. The highest BCUT2D eigenvalue weighted by molar-refractivity contribution is 6.31. The third-order valence-corrected chi connectivity index (χ3v) is 4.27. The van der Waals surface area contributed by atoms with Gasteiger partial charge in [0.15, 0.2) is 0 Å². The molecule has 7 heteroatoms. The van der Waals surface area contributed by atoms with E-state index in [1.807, 2.05) is 6.33 Å². The first-order chi connectivity index (χ1) is 11.1. The van der Waals surface area contributed by atoms with Gasteiger partial charge >= 0.3 is 0 Å². The maximum Gasteiger partial charge on any atom is 0.238 e. The number of anilines is 1. The highest BCUT2D eigenvalue weighted by atomic mass is 35.5. The maximum atomic E-state index is 13.1. The van der Waals surface area contributed by atoms with Crippen LogP contribution >= 0.6 is 11.6 Å². The number of carbonyl (C=O) groups is 1. The molecule has 0 bridgehead atoms. The summed E-state index contributed by atoms with van der Waals surface area (Å²) in [5, 5.41) is 2.74. The molecule has 1 amide bonds. The lowest BCUT2D eigenvalue weighted by molar-refractivity contribution is -0.117. The van der Waals surface area contributed by atoms with E-state index >= 15 is 0 Å².